The Morgan fingerprint density at radius 3 is 2.37 bits per heavy atom. The molecule has 1 fully saturated rings. The summed E-state index contributed by atoms with van der Waals surface area (Å²) >= 11 is 0. The molecule has 0 unspecified atom stereocenters. The Morgan fingerprint density at radius 2 is 1.89 bits per heavy atom. The normalized spacial score (nSPS) is 14.0. The van der Waals surface area contributed by atoms with Crippen molar-refractivity contribution in [3.05, 3.63) is 29.8 Å². The number of benzene rings is 1. The van der Waals surface area contributed by atoms with Crippen molar-refractivity contribution in [3.63, 3.8) is 0 Å². The minimum Gasteiger partial charge on any atom is -0.352 e. The maximum Gasteiger partial charge on any atom is 0.240 e. The summed E-state index contributed by atoms with van der Waals surface area (Å²) in [5, 5.41) is 2.90. The highest BCUT2D eigenvalue weighted by molar-refractivity contribution is 5.97. The largest absolute Gasteiger partial charge is 0.352 e. The summed E-state index contributed by atoms with van der Waals surface area (Å²) < 4.78 is 0. The lowest BCUT2D eigenvalue weighted by Crippen LogP contribution is -2.40. The van der Waals surface area contributed by atoms with Crippen LogP contribution in [0, 0.1) is 0 Å². The molecule has 1 N–H and O–H groups in total. The van der Waals surface area contributed by atoms with E-state index in [0.717, 1.165) is 24.9 Å². The van der Waals surface area contributed by atoms with Gasteiger partial charge in [0.25, 0.3) is 0 Å². The van der Waals surface area contributed by atoms with Crippen LogP contribution in [0.25, 0.3) is 0 Å². The molecule has 0 radical (unpaired) electrons. The Labute approximate surface area is 113 Å². The van der Waals surface area contributed by atoms with Gasteiger partial charge in [-0.05, 0) is 37.0 Å². The molecule has 1 aliphatic rings. The Kier molecular flexibility index (Phi) is 4.20. The van der Waals surface area contributed by atoms with Crippen molar-refractivity contribution >= 4 is 17.5 Å². The van der Waals surface area contributed by atoms with Crippen LogP contribution in [0.2, 0.25) is 0 Å². The number of rotatable bonds is 5. The molecule has 4 heteroatoms. The van der Waals surface area contributed by atoms with Gasteiger partial charge < -0.3 is 10.2 Å². The number of carbonyl (C=O) groups excluding carboxylic acids is 2. The number of carbonyl (C=O) groups is 2. The standard InChI is InChI=1S/C15H20N2O2/c1-3-12-4-8-14(9-5-12)17(11(2)18)10-15(19)16-13-6-7-13/h4-5,8-9,13H,3,6-7,10H2,1-2H3,(H,16,19). The first-order valence-corrected chi connectivity index (χ1v) is 6.76. The molecule has 1 aliphatic carbocycles. The molecule has 0 bridgehead atoms. The number of amides is 2. The molecule has 2 amide bonds. The van der Waals surface area contributed by atoms with Crippen molar-refractivity contribution in [1.82, 2.24) is 5.32 Å². The summed E-state index contributed by atoms with van der Waals surface area (Å²) in [5.41, 5.74) is 1.99. The number of nitrogens with zero attached hydrogens (tertiary/aromatic N) is 1. The van der Waals surface area contributed by atoms with Crippen LogP contribution in [0.15, 0.2) is 24.3 Å². The van der Waals surface area contributed by atoms with E-state index in [0.29, 0.717) is 6.04 Å². The Balaban J connectivity index is 2.04. The topological polar surface area (TPSA) is 49.4 Å². The average molecular weight is 260 g/mol. The first kappa shape index (κ1) is 13.6. The van der Waals surface area contributed by atoms with Gasteiger partial charge in [0, 0.05) is 18.7 Å². The first-order valence-electron chi connectivity index (χ1n) is 6.76. The van der Waals surface area contributed by atoms with E-state index in [2.05, 4.69) is 12.2 Å². The van der Waals surface area contributed by atoms with Crippen molar-refractivity contribution in [2.24, 2.45) is 0 Å². The lowest BCUT2D eigenvalue weighted by Gasteiger charge is -2.21. The molecule has 0 saturated heterocycles. The minimum atomic E-state index is -0.116. The van der Waals surface area contributed by atoms with Crippen molar-refractivity contribution < 1.29 is 9.59 Å². The second kappa shape index (κ2) is 5.87. The third kappa shape index (κ3) is 3.81. The lowest BCUT2D eigenvalue weighted by molar-refractivity contribution is -0.123. The van der Waals surface area contributed by atoms with E-state index in [4.69, 9.17) is 0 Å². The van der Waals surface area contributed by atoms with Gasteiger partial charge >= 0.3 is 0 Å². The Morgan fingerprint density at radius 1 is 1.26 bits per heavy atom. The molecule has 0 aromatic heterocycles. The summed E-state index contributed by atoms with van der Waals surface area (Å²) in [6.07, 6.45) is 3.07. The van der Waals surface area contributed by atoms with Crippen LogP contribution in [0.4, 0.5) is 5.69 Å². The lowest BCUT2D eigenvalue weighted by atomic mass is 10.1. The van der Waals surface area contributed by atoms with Gasteiger partial charge in [-0.2, -0.15) is 0 Å². The van der Waals surface area contributed by atoms with E-state index in [1.54, 1.807) is 0 Å². The summed E-state index contributed by atoms with van der Waals surface area (Å²) in [6.45, 7) is 3.66. The zero-order valence-corrected chi connectivity index (χ0v) is 11.5. The molecule has 0 spiro atoms. The van der Waals surface area contributed by atoms with Crippen molar-refractivity contribution in [3.8, 4) is 0 Å². The Hall–Kier alpha value is -1.84. The number of anilines is 1. The van der Waals surface area contributed by atoms with Gasteiger partial charge in [-0.3, -0.25) is 9.59 Å². The summed E-state index contributed by atoms with van der Waals surface area (Å²) in [6, 6.07) is 8.09. The molecular weight excluding hydrogens is 240 g/mol. The highest BCUT2D eigenvalue weighted by Crippen LogP contribution is 2.19. The van der Waals surface area contributed by atoms with Gasteiger partial charge in [-0.15, -0.1) is 0 Å². The van der Waals surface area contributed by atoms with Gasteiger partial charge in [0.1, 0.15) is 6.54 Å². The van der Waals surface area contributed by atoms with Gasteiger partial charge in [0.05, 0.1) is 0 Å². The third-order valence-electron chi connectivity index (χ3n) is 3.28. The average Bonchev–Trinajstić information content (AvgIpc) is 3.20. The summed E-state index contributed by atoms with van der Waals surface area (Å²) in [7, 11) is 0. The van der Waals surface area contributed by atoms with E-state index in [9.17, 15) is 9.59 Å². The zero-order valence-electron chi connectivity index (χ0n) is 11.5. The van der Waals surface area contributed by atoms with Crippen LogP contribution in [0.3, 0.4) is 0 Å². The van der Waals surface area contributed by atoms with Gasteiger partial charge in [-0.1, -0.05) is 19.1 Å². The molecular formula is C15H20N2O2. The molecule has 102 valence electrons. The number of nitrogens with one attached hydrogen (secondary N) is 1. The van der Waals surface area contributed by atoms with E-state index in [1.165, 1.54) is 17.4 Å². The van der Waals surface area contributed by atoms with E-state index >= 15 is 0 Å². The van der Waals surface area contributed by atoms with E-state index in [1.807, 2.05) is 24.3 Å². The molecule has 0 heterocycles. The number of hydrogen-bond donors (Lipinski definition) is 1. The van der Waals surface area contributed by atoms with Crippen LogP contribution in [-0.2, 0) is 16.0 Å². The number of aryl methyl sites for hydroxylation is 1. The molecule has 4 nitrogen and oxygen atoms in total. The second-order valence-corrected chi connectivity index (χ2v) is 4.97. The molecule has 0 atom stereocenters. The fourth-order valence-corrected chi connectivity index (χ4v) is 1.94. The predicted octanol–water partition coefficient (Wildman–Crippen LogP) is 1.88. The fraction of sp³-hybridized carbons (Fsp3) is 0.467. The van der Waals surface area contributed by atoms with Crippen molar-refractivity contribution in [2.75, 3.05) is 11.4 Å². The van der Waals surface area contributed by atoms with Crippen LogP contribution < -0.4 is 10.2 Å². The molecule has 1 aromatic carbocycles. The van der Waals surface area contributed by atoms with Gasteiger partial charge in [0.15, 0.2) is 0 Å². The molecule has 1 saturated carbocycles. The molecule has 2 rings (SSSR count). The minimum absolute atomic E-state index is 0.0859. The van der Waals surface area contributed by atoms with Crippen molar-refractivity contribution in [1.29, 1.82) is 0 Å². The Bertz CT molecular complexity index is 464. The quantitative estimate of drug-likeness (QED) is 0.878. The molecule has 1 aromatic rings. The second-order valence-electron chi connectivity index (χ2n) is 4.97. The highest BCUT2D eigenvalue weighted by Gasteiger charge is 2.25. The first-order chi connectivity index (χ1) is 9.10. The van der Waals surface area contributed by atoms with Gasteiger partial charge in [0.2, 0.25) is 11.8 Å². The maximum absolute atomic E-state index is 11.8. The summed E-state index contributed by atoms with van der Waals surface area (Å²) in [4.78, 5) is 25.0. The van der Waals surface area contributed by atoms with Crippen LogP contribution in [0.1, 0.15) is 32.3 Å². The van der Waals surface area contributed by atoms with Gasteiger partial charge in [-0.25, -0.2) is 0 Å². The predicted molar refractivity (Wildman–Crippen MR) is 75.0 cm³/mol. The van der Waals surface area contributed by atoms with Crippen LogP contribution in [0.5, 0.6) is 0 Å². The highest BCUT2D eigenvalue weighted by atomic mass is 16.2. The smallest absolute Gasteiger partial charge is 0.240 e. The fourth-order valence-electron chi connectivity index (χ4n) is 1.94. The van der Waals surface area contributed by atoms with Crippen LogP contribution in [-0.4, -0.2) is 24.4 Å². The maximum atomic E-state index is 11.8. The number of hydrogen-bond acceptors (Lipinski definition) is 2. The third-order valence-corrected chi connectivity index (χ3v) is 3.28. The monoisotopic (exact) mass is 260 g/mol. The van der Waals surface area contributed by atoms with E-state index < -0.39 is 0 Å². The van der Waals surface area contributed by atoms with E-state index in [-0.39, 0.29) is 18.4 Å². The van der Waals surface area contributed by atoms with Crippen LogP contribution >= 0.6 is 0 Å². The molecule has 0 aliphatic heterocycles. The summed E-state index contributed by atoms with van der Waals surface area (Å²) in [5.74, 6) is -0.201. The van der Waals surface area contributed by atoms with Crippen molar-refractivity contribution in [2.45, 2.75) is 39.2 Å². The zero-order chi connectivity index (χ0) is 13.8. The molecule has 19 heavy (non-hydrogen) atoms. The SMILES string of the molecule is CCc1ccc(N(CC(=O)NC2CC2)C(C)=O)cc1.